The summed E-state index contributed by atoms with van der Waals surface area (Å²) in [5.74, 6) is -0.732. The summed E-state index contributed by atoms with van der Waals surface area (Å²) in [6, 6.07) is 8.32. The molecule has 172 valence electrons. The lowest BCUT2D eigenvalue weighted by molar-refractivity contribution is -0.138. The lowest BCUT2D eigenvalue weighted by Gasteiger charge is -2.33. The molecule has 2 aromatic rings. The summed E-state index contributed by atoms with van der Waals surface area (Å²) in [4.78, 5) is 26.4. The van der Waals surface area contributed by atoms with Gasteiger partial charge in [-0.15, -0.1) is 11.8 Å². The van der Waals surface area contributed by atoms with Crippen LogP contribution in [0.25, 0.3) is 0 Å². The monoisotopic (exact) mass is 471 g/mol. The molecule has 5 nitrogen and oxygen atoms in total. The second-order valence-electron chi connectivity index (χ2n) is 7.15. The second kappa shape index (κ2) is 10.4. The molecular weight excluding hydrogens is 450 g/mol. The van der Waals surface area contributed by atoms with Crippen molar-refractivity contribution in [1.29, 1.82) is 0 Å². The van der Waals surface area contributed by atoms with Crippen LogP contribution in [0.15, 0.2) is 47.4 Å². The lowest BCUT2D eigenvalue weighted by Crippen LogP contribution is -2.48. The van der Waals surface area contributed by atoms with Gasteiger partial charge in [0.25, 0.3) is 0 Å². The van der Waals surface area contributed by atoms with Crippen molar-refractivity contribution < 1.29 is 36.6 Å². The lowest BCUT2D eigenvalue weighted by atomic mass is 10.1. The summed E-state index contributed by atoms with van der Waals surface area (Å²) >= 11 is 1.16. The van der Waals surface area contributed by atoms with Gasteiger partial charge in [0.15, 0.2) is 5.78 Å². The zero-order valence-electron chi connectivity index (χ0n) is 17.2. The number of halogens is 4. The van der Waals surface area contributed by atoms with Gasteiger partial charge in [-0.2, -0.15) is 13.2 Å². The number of benzene rings is 2. The molecule has 0 spiro atoms. The SMILES string of the molecule is CC(=O)c1cc(F)ccc1OCC1CN(C(=O)CSc2ccc(C(F)(F)F)cc2)CCO1. The number of carbonyl (C=O) groups excluding carboxylic acids is 2. The molecule has 0 saturated carbocycles. The Labute approximate surface area is 186 Å². The van der Waals surface area contributed by atoms with E-state index >= 15 is 0 Å². The number of rotatable bonds is 7. The first-order valence-electron chi connectivity index (χ1n) is 9.76. The highest BCUT2D eigenvalue weighted by Gasteiger charge is 2.30. The molecule has 0 radical (unpaired) electrons. The molecule has 1 amide bonds. The van der Waals surface area contributed by atoms with E-state index in [4.69, 9.17) is 9.47 Å². The van der Waals surface area contributed by atoms with Crippen LogP contribution < -0.4 is 4.74 Å². The molecule has 1 saturated heterocycles. The van der Waals surface area contributed by atoms with Gasteiger partial charge in [-0.1, -0.05) is 0 Å². The molecule has 0 aromatic heterocycles. The first kappa shape index (κ1) is 24.1. The minimum absolute atomic E-state index is 0.0712. The number of nitrogens with zero attached hydrogens (tertiary/aromatic N) is 1. The van der Waals surface area contributed by atoms with Crippen LogP contribution in [-0.2, 0) is 15.7 Å². The summed E-state index contributed by atoms with van der Waals surface area (Å²) in [6.45, 7) is 2.34. The van der Waals surface area contributed by atoms with E-state index in [1.807, 2.05) is 0 Å². The molecule has 0 bridgehead atoms. The van der Waals surface area contributed by atoms with Crippen LogP contribution in [0.3, 0.4) is 0 Å². The fourth-order valence-electron chi connectivity index (χ4n) is 3.11. The Kier molecular flexibility index (Phi) is 7.78. The Bertz CT molecular complexity index is 965. The zero-order valence-corrected chi connectivity index (χ0v) is 18.0. The molecular formula is C22H21F4NO4S. The molecule has 1 aliphatic heterocycles. The normalized spacial score (nSPS) is 16.7. The molecule has 1 unspecified atom stereocenters. The molecule has 1 fully saturated rings. The zero-order chi connectivity index (χ0) is 23.3. The maximum Gasteiger partial charge on any atom is 0.416 e. The predicted octanol–water partition coefficient (Wildman–Crippen LogP) is 4.45. The number of Topliss-reactive ketones (excluding diaryl/α,β-unsaturated/α-hetero) is 1. The summed E-state index contributed by atoms with van der Waals surface area (Å²) in [7, 11) is 0. The molecule has 3 rings (SSSR count). The van der Waals surface area contributed by atoms with Crippen LogP contribution >= 0.6 is 11.8 Å². The number of alkyl halides is 3. The maximum atomic E-state index is 13.4. The first-order valence-corrected chi connectivity index (χ1v) is 10.7. The highest BCUT2D eigenvalue weighted by Crippen LogP contribution is 2.31. The number of amides is 1. The highest BCUT2D eigenvalue weighted by atomic mass is 32.2. The van der Waals surface area contributed by atoms with Crippen LogP contribution in [-0.4, -0.2) is 54.8 Å². The van der Waals surface area contributed by atoms with E-state index in [0.717, 1.165) is 30.0 Å². The third-order valence-electron chi connectivity index (χ3n) is 4.78. The standard InChI is InChI=1S/C22H21F4NO4S/c1-14(28)19-10-16(23)4-7-20(19)31-12-17-11-27(8-9-30-17)21(29)13-32-18-5-2-15(3-6-18)22(24,25)26/h2-7,10,17H,8-9,11-13H2,1H3. The number of hydrogen-bond acceptors (Lipinski definition) is 5. The topological polar surface area (TPSA) is 55.8 Å². The number of carbonyl (C=O) groups is 2. The smallest absolute Gasteiger partial charge is 0.416 e. The van der Waals surface area contributed by atoms with E-state index in [9.17, 15) is 27.2 Å². The Hall–Kier alpha value is -2.59. The van der Waals surface area contributed by atoms with Gasteiger partial charge in [0.05, 0.1) is 30.0 Å². The van der Waals surface area contributed by atoms with Crippen LogP contribution in [0, 0.1) is 5.82 Å². The van der Waals surface area contributed by atoms with Crippen molar-refractivity contribution >= 4 is 23.5 Å². The van der Waals surface area contributed by atoms with Crippen molar-refractivity contribution in [2.45, 2.75) is 24.1 Å². The van der Waals surface area contributed by atoms with Crippen LogP contribution in [0.1, 0.15) is 22.8 Å². The predicted molar refractivity (Wildman–Crippen MR) is 110 cm³/mol. The molecule has 1 atom stereocenters. The van der Waals surface area contributed by atoms with Crippen molar-refractivity contribution in [3.05, 3.63) is 59.4 Å². The van der Waals surface area contributed by atoms with E-state index in [1.54, 1.807) is 4.90 Å². The Balaban J connectivity index is 1.51. The van der Waals surface area contributed by atoms with Crippen molar-refractivity contribution in [1.82, 2.24) is 4.90 Å². The van der Waals surface area contributed by atoms with E-state index in [-0.39, 0.29) is 41.9 Å². The van der Waals surface area contributed by atoms with Crippen LogP contribution in [0.4, 0.5) is 17.6 Å². The average molecular weight is 471 g/mol. The first-order chi connectivity index (χ1) is 15.1. The van der Waals surface area contributed by atoms with Crippen molar-refractivity contribution in [2.75, 3.05) is 32.1 Å². The van der Waals surface area contributed by atoms with Gasteiger partial charge in [-0.05, 0) is 49.4 Å². The molecule has 1 heterocycles. The maximum absolute atomic E-state index is 13.4. The summed E-state index contributed by atoms with van der Waals surface area (Å²) in [6.07, 6.45) is -4.84. The molecule has 0 N–H and O–H groups in total. The third kappa shape index (κ3) is 6.46. The van der Waals surface area contributed by atoms with E-state index in [0.29, 0.717) is 18.0 Å². The van der Waals surface area contributed by atoms with E-state index < -0.39 is 23.7 Å². The number of ketones is 1. The third-order valence-corrected chi connectivity index (χ3v) is 5.78. The Morgan fingerprint density at radius 3 is 2.56 bits per heavy atom. The fraction of sp³-hybridized carbons (Fsp3) is 0.364. The van der Waals surface area contributed by atoms with Gasteiger partial charge < -0.3 is 14.4 Å². The Morgan fingerprint density at radius 1 is 1.19 bits per heavy atom. The van der Waals surface area contributed by atoms with E-state index in [2.05, 4.69) is 0 Å². The van der Waals surface area contributed by atoms with Gasteiger partial charge in [0, 0.05) is 11.4 Å². The minimum Gasteiger partial charge on any atom is -0.490 e. The molecule has 0 aliphatic carbocycles. The number of ether oxygens (including phenoxy) is 2. The number of thioether (sulfide) groups is 1. The average Bonchev–Trinajstić information content (AvgIpc) is 2.76. The number of hydrogen-bond donors (Lipinski definition) is 0. The van der Waals surface area contributed by atoms with Gasteiger partial charge in [-0.25, -0.2) is 4.39 Å². The van der Waals surface area contributed by atoms with E-state index in [1.165, 1.54) is 31.2 Å². The molecule has 32 heavy (non-hydrogen) atoms. The fourth-order valence-corrected chi connectivity index (χ4v) is 3.91. The number of morpholine rings is 1. The quantitative estimate of drug-likeness (QED) is 0.339. The largest absolute Gasteiger partial charge is 0.490 e. The highest BCUT2D eigenvalue weighted by molar-refractivity contribution is 8.00. The van der Waals surface area contributed by atoms with Crippen LogP contribution in [0.5, 0.6) is 5.75 Å². The Morgan fingerprint density at radius 2 is 1.91 bits per heavy atom. The van der Waals surface area contributed by atoms with Crippen molar-refractivity contribution in [2.24, 2.45) is 0 Å². The van der Waals surface area contributed by atoms with Crippen molar-refractivity contribution in [3.63, 3.8) is 0 Å². The summed E-state index contributed by atoms with van der Waals surface area (Å²) in [5, 5.41) is 0. The van der Waals surface area contributed by atoms with Gasteiger partial charge >= 0.3 is 6.18 Å². The van der Waals surface area contributed by atoms with Crippen molar-refractivity contribution in [3.8, 4) is 5.75 Å². The van der Waals surface area contributed by atoms with Crippen LogP contribution in [0.2, 0.25) is 0 Å². The molecule has 10 heteroatoms. The summed E-state index contributed by atoms with van der Waals surface area (Å²) < 4.78 is 62.6. The minimum atomic E-state index is -4.40. The molecule has 1 aliphatic rings. The van der Waals surface area contributed by atoms with Gasteiger partial charge in [0.1, 0.15) is 24.3 Å². The molecule has 2 aromatic carbocycles. The second-order valence-corrected chi connectivity index (χ2v) is 8.20. The van der Waals surface area contributed by atoms with Gasteiger partial charge in [0.2, 0.25) is 5.91 Å². The summed E-state index contributed by atoms with van der Waals surface area (Å²) in [5.41, 5.74) is -0.611. The van der Waals surface area contributed by atoms with Gasteiger partial charge in [-0.3, -0.25) is 9.59 Å².